The molecule has 2 rings (SSSR count). The Morgan fingerprint density at radius 2 is 2.20 bits per heavy atom. The predicted octanol–water partition coefficient (Wildman–Crippen LogP) is 2.95. The van der Waals surface area contributed by atoms with Crippen LogP contribution in [0.2, 0.25) is 0 Å². The van der Waals surface area contributed by atoms with Gasteiger partial charge < -0.3 is 5.32 Å². The van der Waals surface area contributed by atoms with E-state index in [4.69, 9.17) is 5.26 Å². The molecular weight excluding hydrogens is 250 g/mol. The van der Waals surface area contributed by atoms with E-state index in [1.807, 2.05) is 25.1 Å². The van der Waals surface area contributed by atoms with Crippen molar-refractivity contribution in [2.75, 3.05) is 11.9 Å². The highest BCUT2D eigenvalue weighted by Gasteiger charge is 2.04. The fraction of sp³-hybridized carbons (Fsp3) is 0.333. The molecule has 0 atom stereocenters. The summed E-state index contributed by atoms with van der Waals surface area (Å²) in [7, 11) is 0. The summed E-state index contributed by atoms with van der Waals surface area (Å²) in [6.07, 6.45) is 5.95. The van der Waals surface area contributed by atoms with E-state index in [-0.39, 0.29) is 0 Å². The van der Waals surface area contributed by atoms with Crippen LogP contribution in [0.3, 0.4) is 0 Å². The molecule has 0 unspecified atom stereocenters. The van der Waals surface area contributed by atoms with Gasteiger partial charge in [0, 0.05) is 42.7 Å². The van der Waals surface area contributed by atoms with E-state index in [0.29, 0.717) is 12.2 Å². The number of nitrogens with one attached hydrogen (secondary N) is 1. The third kappa shape index (κ3) is 4.02. The van der Waals surface area contributed by atoms with Gasteiger partial charge >= 0.3 is 0 Å². The monoisotopic (exact) mass is 267 g/mol. The topological polar surface area (TPSA) is 74.5 Å². The molecule has 2 aromatic rings. The van der Waals surface area contributed by atoms with Crippen molar-refractivity contribution in [1.82, 2.24) is 15.0 Å². The van der Waals surface area contributed by atoms with Gasteiger partial charge in [-0.1, -0.05) is 0 Å². The first-order chi connectivity index (χ1) is 9.79. The van der Waals surface area contributed by atoms with Gasteiger partial charge in [-0.05, 0) is 31.9 Å². The highest BCUT2D eigenvalue weighted by Crippen LogP contribution is 2.16. The van der Waals surface area contributed by atoms with E-state index in [9.17, 15) is 0 Å². The van der Waals surface area contributed by atoms with Crippen LogP contribution >= 0.6 is 0 Å². The van der Waals surface area contributed by atoms with Gasteiger partial charge in [0.2, 0.25) is 0 Å². The first kappa shape index (κ1) is 13.9. The van der Waals surface area contributed by atoms with Crippen molar-refractivity contribution in [3.8, 4) is 17.5 Å². The first-order valence-corrected chi connectivity index (χ1v) is 6.66. The fourth-order valence-electron chi connectivity index (χ4n) is 1.83. The van der Waals surface area contributed by atoms with Crippen LogP contribution in [0.15, 0.2) is 30.6 Å². The zero-order valence-electron chi connectivity index (χ0n) is 11.5. The second-order valence-electron chi connectivity index (χ2n) is 4.50. The number of pyridine rings is 1. The molecule has 2 aromatic heterocycles. The third-order valence-electron chi connectivity index (χ3n) is 2.80. The summed E-state index contributed by atoms with van der Waals surface area (Å²) >= 11 is 0. The average molecular weight is 267 g/mol. The number of anilines is 1. The van der Waals surface area contributed by atoms with Crippen LogP contribution in [-0.2, 0) is 0 Å². The van der Waals surface area contributed by atoms with Crippen molar-refractivity contribution < 1.29 is 0 Å². The minimum atomic E-state index is 0.603. The highest BCUT2D eigenvalue weighted by molar-refractivity contribution is 5.56. The molecule has 20 heavy (non-hydrogen) atoms. The maximum absolute atomic E-state index is 8.48. The molecule has 0 saturated carbocycles. The molecule has 0 spiro atoms. The van der Waals surface area contributed by atoms with Crippen LogP contribution in [0, 0.1) is 18.3 Å². The lowest BCUT2D eigenvalue weighted by atomic mass is 10.2. The summed E-state index contributed by atoms with van der Waals surface area (Å²) in [6.45, 7) is 2.76. The zero-order chi connectivity index (χ0) is 14.2. The van der Waals surface area contributed by atoms with Crippen molar-refractivity contribution >= 4 is 5.82 Å². The smallest absolute Gasteiger partial charge is 0.163 e. The number of hydrogen-bond acceptors (Lipinski definition) is 5. The summed E-state index contributed by atoms with van der Waals surface area (Å²) in [5, 5.41) is 11.8. The maximum atomic E-state index is 8.48. The number of rotatable bonds is 6. The summed E-state index contributed by atoms with van der Waals surface area (Å²) in [6, 6.07) is 7.88. The van der Waals surface area contributed by atoms with E-state index in [0.717, 1.165) is 36.5 Å². The molecule has 0 radical (unpaired) electrons. The molecule has 5 nitrogen and oxygen atoms in total. The lowest BCUT2D eigenvalue weighted by Crippen LogP contribution is -2.05. The number of unbranched alkanes of at least 4 members (excludes halogenated alkanes) is 2. The second kappa shape index (κ2) is 7.19. The standard InChI is InChI=1S/C15H17N5/c1-12-10-14(18-9-4-2-3-7-16)20-15(19-12)13-6-5-8-17-11-13/h5-6,8,10-11H,2-4,9H2,1H3,(H,18,19,20). The van der Waals surface area contributed by atoms with Crippen LogP contribution in [0.5, 0.6) is 0 Å². The normalized spacial score (nSPS) is 10.0. The lowest BCUT2D eigenvalue weighted by Gasteiger charge is -2.08. The summed E-state index contributed by atoms with van der Waals surface area (Å²) in [5.74, 6) is 1.49. The molecule has 0 aromatic carbocycles. The number of nitriles is 1. The van der Waals surface area contributed by atoms with E-state index < -0.39 is 0 Å². The first-order valence-electron chi connectivity index (χ1n) is 6.66. The lowest BCUT2D eigenvalue weighted by molar-refractivity contribution is 0.782. The Labute approximate surface area is 118 Å². The molecule has 0 saturated heterocycles. The Morgan fingerprint density at radius 3 is 2.95 bits per heavy atom. The quantitative estimate of drug-likeness (QED) is 0.814. The zero-order valence-corrected chi connectivity index (χ0v) is 11.5. The maximum Gasteiger partial charge on any atom is 0.163 e. The molecule has 0 fully saturated rings. The molecule has 0 bridgehead atoms. The van der Waals surface area contributed by atoms with Crippen LogP contribution in [0.4, 0.5) is 5.82 Å². The minimum Gasteiger partial charge on any atom is -0.370 e. The van der Waals surface area contributed by atoms with Crippen LogP contribution in [0.25, 0.3) is 11.4 Å². The molecule has 0 aliphatic rings. The van der Waals surface area contributed by atoms with E-state index in [2.05, 4.69) is 26.3 Å². The Balaban J connectivity index is 2.04. The van der Waals surface area contributed by atoms with Gasteiger partial charge in [0.05, 0.1) is 6.07 Å². The summed E-state index contributed by atoms with van der Waals surface area (Å²) in [4.78, 5) is 13.0. The second-order valence-corrected chi connectivity index (χ2v) is 4.50. The molecule has 1 N–H and O–H groups in total. The molecule has 0 aliphatic heterocycles. The largest absolute Gasteiger partial charge is 0.370 e. The van der Waals surface area contributed by atoms with Crippen molar-refractivity contribution in [2.24, 2.45) is 0 Å². The fourth-order valence-corrected chi connectivity index (χ4v) is 1.83. The van der Waals surface area contributed by atoms with Crippen LogP contribution in [-0.4, -0.2) is 21.5 Å². The van der Waals surface area contributed by atoms with E-state index in [1.54, 1.807) is 12.4 Å². The number of aryl methyl sites for hydroxylation is 1. The molecular formula is C15H17N5. The van der Waals surface area contributed by atoms with Crippen LogP contribution < -0.4 is 5.32 Å². The Hall–Kier alpha value is -2.48. The Morgan fingerprint density at radius 1 is 1.30 bits per heavy atom. The van der Waals surface area contributed by atoms with E-state index in [1.165, 1.54) is 0 Å². The Kier molecular flexibility index (Phi) is 5.01. The van der Waals surface area contributed by atoms with Crippen molar-refractivity contribution in [1.29, 1.82) is 5.26 Å². The van der Waals surface area contributed by atoms with Gasteiger partial charge in [-0.15, -0.1) is 0 Å². The molecule has 5 heteroatoms. The van der Waals surface area contributed by atoms with Gasteiger partial charge in [0.15, 0.2) is 5.82 Å². The number of aromatic nitrogens is 3. The molecule has 102 valence electrons. The molecule has 0 amide bonds. The molecule has 0 aliphatic carbocycles. The molecule has 2 heterocycles. The van der Waals surface area contributed by atoms with Gasteiger partial charge in [-0.3, -0.25) is 4.98 Å². The number of nitrogens with zero attached hydrogens (tertiary/aromatic N) is 4. The third-order valence-corrected chi connectivity index (χ3v) is 2.80. The summed E-state index contributed by atoms with van der Waals surface area (Å²) < 4.78 is 0. The van der Waals surface area contributed by atoms with Gasteiger partial charge in [-0.2, -0.15) is 5.26 Å². The minimum absolute atomic E-state index is 0.603. The predicted molar refractivity (Wildman–Crippen MR) is 78.0 cm³/mol. The van der Waals surface area contributed by atoms with Gasteiger partial charge in [0.1, 0.15) is 5.82 Å². The summed E-state index contributed by atoms with van der Waals surface area (Å²) in [5.41, 5.74) is 1.82. The highest BCUT2D eigenvalue weighted by atomic mass is 15.0. The van der Waals surface area contributed by atoms with Gasteiger partial charge in [-0.25, -0.2) is 9.97 Å². The van der Waals surface area contributed by atoms with Crippen molar-refractivity contribution in [3.05, 3.63) is 36.3 Å². The number of hydrogen-bond donors (Lipinski definition) is 1. The van der Waals surface area contributed by atoms with Crippen molar-refractivity contribution in [3.63, 3.8) is 0 Å². The SMILES string of the molecule is Cc1cc(NCCCCC#N)nc(-c2cccnc2)n1. The van der Waals surface area contributed by atoms with Crippen LogP contribution in [0.1, 0.15) is 25.0 Å². The Bertz CT molecular complexity index is 589. The van der Waals surface area contributed by atoms with Gasteiger partial charge in [0.25, 0.3) is 0 Å². The van der Waals surface area contributed by atoms with E-state index >= 15 is 0 Å². The average Bonchev–Trinajstić information content (AvgIpc) is 2.47. The van der Waals surface area contributed by atoms with Crippen molar-refractivity contribution in [2.45, 2.75) is 26.2 Å².